The van der Waals surface area contributed by atoms with Crippen LogP contribution in [-0.2, 0) is 10.0 Å². The summed E-state index contributed by atoms with van der Waals surface area (Å²) >= 11 is 7.61. The highest BCUT2D eigenvalue weighted by atomic mass is 35.5. The van der Waals surface area contributed by atoms with Crippen molar-refractivity contribution in [3.05, 3.63) is 23.0 Å². The molecule has 0 amide bonds. The molecule has 1 fully saturated rings. The summed E-state index contributed by atoms with van der Waals surface area (Å²) in [5, 5.41) is 0.0462. The normalized spacial score (nSPS) is 24.8. The van der Waals surface area contributed by atoms with Crippen molar-refractivity contribution >= 4 is 39.1 Å². The van der Waals surface area contributed by atoms with Crippen molar-refractivity contribution in [1.29, 1.82) is 0 Å². The Kier molecular flexibility index (Phi) is 4.53. The molecule has 0 bridgehead atoms. The first-order chi connectivity index (χ1) is 9.25. The van der Waals surface area contributed by atoms with E-state index in [9.17, 15) is 12.8 Å². The average Bonchev–Trinajstić information content (AvgIpc) is 2.36. The Balaban J connectivity index is 2.47. The molecule has 1 aliphatic rings. The number of benzene rings is 1. The van der Waals surface area contributed by atoms with E-state index < -0.39 is 15.8 Å². The van der Waals surface area contributed by atoms with Crippen LogP contribution in [0.3, 0.4) is 0 Å². The van der Waals surface area contributed by atoms with Crippen molar-refractivity contribution in [2.45, 2.75) is 30.0 Å². The van der Waals surface area contributed by atoms with Crippen LogP contribution in [0, 0.1) is 5.82 Å². The molecule has 0 spiro atoms. The molecule has 1 aromatic rings. The van der Waals surface area contributed by atoms with Gasteiger partial charge in [-0.1, -0.05) is 18.5 Å². The van der Waals surface area contributed by atoms with E-state index in [0.717, 1.165) is 17.9 Å². The Morgan fingerprint density at radius 1 is 1.45 bits per heavy atom. The minimum atomic E-state index is -3.77. The Morgan fingerprint density at radius 2 is 2.10 bits per heavy atom. The molecule has 1 saturated heterocycles. The van der Waals surface area contributed by atoms with Crippen molar-refractivity contribution in [2.24, 2.45) is 0 Å². The Morgan fingerprint density at radius 3 is 2.75 bits per heavy atom. The van der Waals surface area contributed by atoms with Gasteiger partial charge >= 0.3 is 0 Å². The molecule has 1 heterocycles. The highest BCUT2D eigenvalue weighted by molar-refractivity contribution is 8.00. The molecule has 0 aromatic heterocycles. The minimum Gasteiger partial charge on any atom is -0.396 e. The van der Waals surface area contributed by atoms with Gasteiger partial charge in [0, 0.05) is 23.6 Å². The highest BCUT2D eigenvalue weighted by Gasteiger charge is 2.36. The van der Waals surface area contributed by atoms with Crippen molar-refractivity contribution in [3.63, 3.8) is 0 Å². The molecule has 2 N–H and O–H groups in total. The Bertz CT molecular complexity index is 624. The molecule has 112 valence electrons. The van der Waals surface area contributed by atoms with E-state index in [-0.39, 0.29) is 26.9 Å². The maximum absolute atomic E-state index is 13.3. The number of nitrogen functional groups attached to an aromatic ring is 1. The van der Waals surface area contributed by atoms with Crippen LogP contribution in [0.2, 0.25) is 5.02 Å². The molecule has 0 aliphatic carbocycles. The van der Waals surface area contributed by atoms with Gasteiger partial charge in [0.15, 0.2) is 0 Å². The van der Waals surface area contributed by atoms with Crippen LogP contribution >= 0.6 is 23.4 Å². The number of hydrogen-bond donors (Lipinski definition) is 1. The van der Waals surface area contributed by atoms with Gasteiger partial charge in [0.25, 0.3) is 0 Å². The SMILES string of the molecule is CC1SCCN(S(=O)(=O)c2cc(N)c(F)cc2Cl)C1C. The molecule has 2 rings (SSSR count). The number of rotatable bonds is 2. The number of hydrogen-bond acceptors (Lipinski definition) is 4. The summed E-state index contributed by atoms with van der Waals surface area (Å²) in [6, 6.07) is 1.88. The average molecular weight is 339 g/mol. The van der Waals surface area contributed by atoms with Gasteiger partial charge in [-0.2, -0.15) is 16.1 Å². The number of halogens is 2. The topological polar surface area (TPSA) is 63.4 Å². The molecule has 20 heavy (non-hydrogen) atoms. The van der Waals surface area contributed by atoms with Crippen LogP contribution in [0.1, 0.15) is 13.8 Å². The van der Waals surface area contributed by atoms with Crippen LogP contribution in [0.25, 0.3) is 0 Å². The molecule has 2 unspecified atom stereocenters. The lowest BCUT2D eigenvalue weighted by Gasteiger charge is -2.36. The van der Waals surface area contributed by atoms with Crippen molar-refractivity contribution in [3.8, 4) is 0 Å². The van der Waals surface area contributed by atoms with E-state index in [4.69, 9.17) is 17.3 Å². The van der Waals surface area contributed by atoms with E-state index in [2.05, 4.69) is 0 Å². The third-order valence-corrected chi connectivity index (χ3v) is 7.25. The van der Waals surface area contributed by atoms with Gasteiger partial charge < -0.3 is 5.73 Å². The van der Waals surface area contributed by atoms with Crippen LogP contribution < -0.4 is 5.73 Å². The largest absolute Gasteiger partial charge is 0.396 e. The molecule has 1 aromatic carbocycles. The molecule has 4 nitrogen and oxygen atoms in total. The molecule has 1 aliphatic heterocycles. The molecular weight excluding hydrogens is 323 g/mol. The molecule has 8 heteroatoms. The highest BCUT2D eigenvalue weighted by Crippen LogP contribution is 2.33. The van der Waals surface area contributed by atoms with E-state index in [0.29, 0.717) is 6.54 Å². The van der Waals surface area contributed by atoms with Crippen molar-refractivity contribution < 1.29 is 12.8 Å². The zero-order valence-corrected chi connectivity index (χ0v) is 13.5. The monoisotopic (exact) mass is 338 g/mol. The summed E-state index contributed by atoms with van der Waals surface area (Å²) in [4.78, 5) is -0.135. The van der Waals surface area contributed by atoms with E-state index >= 15 is 0 Å². The zero-order valence-electron chi connectivity index (χ0n) is 11.1. The predicted octanol–water partition coefficient (Wildman–Crippen LogP) is 2.58. The maximum atomic E-state index is 13.3. The fraction of sp³-hybridized carbons (Fsp3) is 0.500. The van der Waals surface area contributed by atoms with Crippen LogP contribution in [-0.4, -0.2) is 36.3 Å². The third-order valence-electron chi connectivity index (χ3n) is 3.46. The van der Waals surface area contributed by atoms with Gasteiger partial charge in [-0.05, 0) is 19.1 Å². The van der Waals surface area contributed by atoms with Crippen molar-refractivity contribution in [2.75, 3.05) is 18.0 Å². The number of thioether (sulfide) groups is 1. The lowest BCUT2D eigenvalue weighted by atomic mass is 10.2. The molecule has 0 radical (unpaired) electrons. The number of nitrogens with two attached hydrogens (primary N) is 1. The summed E-state index contributed by atoms with van der Waals surface area (Å²) in [6.45, 7) is 4.25. The lowest BCUT2D eigenvalue weighted by molar-refractivity contribution is 0.340. The van der Waals surface area contributed by atoms with Gasteiger partial charge in [-0.25, -0.2) is 12.8 Å². The first-order valence-corrected chi connectivity index (χ1v) is 8.99. The number of sulfonamides is 1. The summed E-state index contributed by atoms with van der Waals surface area (Å²) < 4.78 is 40.1. The molecular formula is C12H16ClFN2O2S2. The third kappa shape index (κ3) is 2.77. The van der Waals surface area contributed by atoms with Gasteiger partial charge in [0.1, 0.15) is 10.7 Å². The number of anilines is 1. The standard InChI is InChI=1S/C12H16ClFN2O2S2/c1-7-8(2)19-4-3-16(7)20(17,18)12-6-11(15)10(14)5-9(12)13/h5-8H,3-4,15H2,1-2H3. The van der Waals surface area contributed by atoms with Crippen molar-refractivity contribution in [1.82, 2.24) is 4.31 Å². The first-order valence-electron chi connectivity index (χ1n) is 6.13. The summed E-state index contributed by atoms with van der Waals surface area (Å²) in [5.74, 6) is 0.00327. The first kappa shape index (κ1) is 15.9. The van der Waals surface area contributed by atoms with Crippen LogP contribution in [0.4, 0.5) is 10.1 Å². The molecule has 2 atom stereocenters. The van der Waals surface area contributed by atoms with Crippen LogP contribution in [0.15, 0.2) is 17.0 Å². The minimum absolute atomic E-state index is 0.135. The second-order valence-corrected chi connectivity index (χ2v) is 8.49. The molecule has 0 saturated carbocycles. The smallest absolute Gasteiger partial charge is 0.244 e. The van der Waals surface area contributed by atoms with Gasteiger partial charge in [-0.15, -0.1) is 0 Å². The quantitative estimate of drug-likeness (QED) is 0.842. The van der Waals surface area contributed by atoms with E-state index in [1.807, 2.05) is 13.8 Å². The summed E-state index contributed by atoms with van der Waals surface area (Å²) in [6.07, 6.45) is 0. The Hall–Kier alpha value is -0.500. The Labute approximate surface area is 127 Å². The van der Waals surface area contributed by atoms with E-state index in [1.54, 1.807) is 11.8 Å². The van der Waals surface area contributed by atoms with E-state index in [1.165, 1.54) is 4.31 Å². The van der Waals surface area contributed by atoms with Gasteiger partial charge in [0.05, 0.1) is 10.7 Å². The fourth-order valence-corrected chi connectivity index (χ4v) is 5.63. The maximum Gasteiger partial charge on any atom is 0.244 e. The summed E-state index contributed by atoms with van der Waals surface area (Å²) in [7, 11) is -3.77. The number of nitrogens with zero attached hydrogens (tertiary/aromatic N) is 1. The fourth-order valence-electron chi connectivity index (χ4n) is 2.11. The lowest BCUT2D eigenvalue weighted by Crippen LogP contribution is -2.47. The second kappa shape index (κ2) is 5.71. The summed E-state index contributed by atoms with van der Waals surface area (Å²) in [5.41, 5.74) is 5.23. The van der Waals surface area contributed by atoms with Crippen LogP contribution in [0.5, 0.6) is 0 Å². The van der Waals surface area contributed by atoms with Gasteiger partial charge in [-0.3, -0.25) is 0 Å². The zero-order chi connectivity index (χ0) is 15.1. The van der Waals surface area contributed by atoms with Gasteiger partial charge in [0.2, 0.25) is 10.0 Å². The second-order valence-electron chi connectivity index (χ2n) is 4.74. The predicted molar refractivity (Wildman–Crippen MR) is 81.1 cm³/mol.